The number of hydrogen-bond donors (Lipinski definition) is 1. The van der Waals surface area contributed by atoms with Crippen LogP contribution < -0.4 is 5.32 Å². The molecule has 1 aromatic carbocycles. The molecule has 0 saturated carbocycles. The fourth-order valence-electron chi connectivity index (χ4n) is 1.56. The van der Waals surface area contributed by atoms with E-state index in [-0.39, 0.29) is 5.54 Å². The maximum atomic E-state index is 3.34. The van der Waals surface area contributed by atoms with Crippen molar-refractivity contribution in [1.29, 1.82) is 0 Å². The van der Waals surface area contributed by atoms with Crippen LogP contribution in [0.5, 0.6) is 0 Å². The number of likely N-dealkylation sites (N-methyl/N-ethyl adjacent to an activating group) is 1. The van der Waals surface area contributed by atoms with Crippen LogP contribution in [-0.4, -0.2) is 12.6 Å². The van der Waals surface area contributed by atoms with Crippen molar-refractivity contribution in [3.8, 4) is 0 Å². The summed E-state index contributed by atoms with van der Waals surface area (Å²) in [4.78, 5) is 0. The number of rotatable bonds is 3. The van der Waals surface area contributed by atoms with Crippen molar-refractivity contribution in [1.82, 2.24) is 5.32 Å². The summed E-state index contributed by atoms with van der Waals surface area (Å²) in [6.07, 6.45) is 1.08. The number of nitrogens with one attached hydrogen (secondary N) is 1. The SMILES string of the molecule is CNC(C)(C)Cc1cc(C)ccc1C. The normalized spacial score (nSPS) is 11.8. The quantitative estimate of drug-likeness (QED) is 0.774. The van der Waals surface area contributed by atoms with Crippen LogP contribution in [0.4, 0.5) is 0 Å². The zero-order valence-corrected chi connectivity index (χ0v) is 9.94. The van der Waals surface area contributed by atoms with E-state index < -0.39 is 0 Å². The molecular formula is C13H21N. The predicted octanol–water partition coefficient (Wildman–Crippen LogP) is 2.84. The third-order valence-corrected chi connectivity index (χ3v) is 2.81. The van der Waals surface area contributed by atoms with E-state index in [9.17, 15) is 0 Å². The Balaban J connectivity index is 2.91. The van der Waals surface area contributed by atoms with Crippen molar-refractivity contribution in [2.24, 2.45) is 0 Å². The van der Waals surface area contributed by atoms with Crippen LogP contribution >= 0.6 is 0 Å². The van der Waals surface area contributed by atoms with Crippen LogP contribution in [0.2, 0.25) is 0 Å². The Bertz CT molecular complexity index is 313. The molecule has 0 aromatic heterocycles. The van der Waals surface area contributed by atoms with Gasteiger partial charge in [-0.05, 0) is 52.3 Å². The Kier molecular flexibility index (Phi) is 3.33. The maximum Gasteiger partial charge on any atom is 0.0162 e. The van der Waals surface area contributed by atoms with Gasteiger partial charge in [0.2, 0.25) is 0 Å². The highest BCUT2D eigenvalue weighted by molar-refractivity contribution is 5.31. The highest BCUT2D eigenvalue weighted by Gasteiger charge is 2.16. The molecule has 0 aliphatic heterocycles. The van der Waals surface area contributed by atoms with Crippen LogP contribution in [0, 0.1) is 13.8 Å². The van der Waals surface area contributed by atoms with E-state index >= 15 is 0 Å². The Morgan fingerprint density at radius 1 is 1.21 bits per heavy atom. The van der Waals surface area contributed by atoms with Crippen LogP contribution in [-0.2, 0) is 6.42 Å². The van der Waals surface area contributed by atoms with Crippen molar-refractivity contribution in [2.75, 3.05) is 7.05 Å². The standard InChI is InChI=1S/C13H21N/c1-10-6-7-11(2)12(8-10)9-13(3,4)14-5/h6-8,14H,9H2,1-5H3. The third kappa shape index (κ3) is 2.85. The first-order valence-corrected chi connectivity index (χ1v) is 5.20. The lowest BCUT2D eigenvalue weighted by Gasteiger charge is -2.25. The predicted molar refractivity (Wildman–Crippen MR) is 62.8 cm³/mol. The molecule has 1 rings (SSSR count). The van der Waals surface area contributed by atoms with Crippen molar-refractivity contribution >= 4 is 0 Å². The first-order valence-electron chi connectivity index (χ1n) is 5.20. The van der Waals surface area contributed by atoms with E-state index in [0.717, 1.165) is 6.42 Å². The van der Waals surface area contributed by atoms with Gasteiger partial charge in [-0.1, -0.05) is 23.8 Å². The second-order valence-electron chi connectivity index (χ2n) is 4.74. The average Bonchev–Trinajstić information content (AvgIpc) is 2.11. The molecule has 0 aliphatic carbocycles. The molecule has 78 valence electrons. The molecule has 0 heterocycles. The van der Waals surface area contributed by atoms with Gasteiger partial charge in [-0.3, -0.25) is 0 Å². The van der Waals surface area contributed by atoms with Gasteiger partial charge in [-0.2, -0.15) is 0 Å². The van der Waals surface area contributed by atoms with Crippen LogP contribution in [0.15, 0.2) is 18.2 Å². The van der Waals surface area contributed by atoms with Gasteiger partial charge in [-0.15, -0.1) is 0 Å². The highest BCUT2D eigenvalue weighted by Crippen LogP contribution is 2.17. The zero-order valence-electron chi connectivity index (χ0n) is 9.94. The number of benzene rings is 1. The first kappa shape index (κ1) is 11.3. The van der Waals surface area contributed by atoms with Crippen molar-refractivity contribution < 1.29 is 0 Å². The molecule has 1 nitrogen and oxygen atoms in total. The molecule has 14 heavy (non-hydrogen) atoms. The lowest BCUT2D eigenvalue weighted by atomic mass is 9.91. The largest absolute Gasteiger partial charge is 0.314 e. The van der Waals surface area contributed by atoms with Gasteiger partial charge in [0, 0.05) is 5.54 Å². The summed E-state index contributed by atoms with van der Waals surface area (Å²) in [5.41, 5.74) is 4.36. The van der Waals surface area contributed by atoms with Crippen molar-refractivity contribution in [3.63, 3.8) is 0 Å². The highest BCUT2D eigenvalue weighted by atomic mass is 14.9. The van der Waals surface area contributed by atoms with Gasteiger partial charge < -0.3 is 5.32 Å². The lowest BCUT2D eigenvalue weighted by Crippen LogP contribution is -2.38. The number of hydrogen-bond acceptors (Lipinski definition) is 1. The van der Waals surface area contributed by atoms with Crippen LogP contribution in [0.3, 0.4) is 0 Å². The molecule has 0 unspecified atom stereocenters. The molecule has 0 atom stereocenters. The third-order valence-electron chi connectivity index (χ3n) is 2.81. The van der Waals surface area contributed by atoms with Crippen molar-refractivity contribution in [2.45, 2.75) is 39.7 Å². The first-order chi connectivity index (χ1) is 6.44. The number of aryl methyl sites for hydroxylation is 2. The van der Waals surface area contributed by atoms with Gasteiger partial charge in [0.15, 0.2) is 0 Å². The summed E-state index contributed by atoms with van der Waals surface area (Å²) in [6, 6.07) is 6.66. The Morgan fingerprint density at radius 2 is 1.86 bits per heavy atom. The summed E-state index contributed by atoms with van der Waals surface area (Å²) in [6.45, 7) is 8.79. The zero-order chi connectivity index (χ0) is 10.8. The minimum Gasteiger partial charge on any atom is -0.314 e. The molecule has 0 amide bonds. The molecule has 0 spiro atoms. The maximum absolute atomic E-state index is 3.34. The van der Waals surface area contributed by atoms with E-state index in [2.05, 4.69) is 51.2 Å². The molecule has 1 heteroatoms. The monoisotopic (exact) mass is 191 g/mol. The second-order valence-corrected chi connectivity index (χ2v) is 4.74. The van der Waals surface area contributed by atoms with E-state index in [1.54, 1.807) is 0 Å². The van der Waals surface area contributed by atoms with E-state index in [4.69, 9.17) is 0 Å². The molecule has 1 aromatic rings. The molecule has 1 N–H and O–H groups in total. The fourth-order valence-corrected chi connectivity index (χ4v) is 1.56. The smallest absolute Gasteiger partial charge is 0.0162 e. The summed E-state index contributed by atoms with van der Waals surface area (Å²) in [7, 11) is 2.02. The van der Waals surface area contributed by atoms with E-state index in [0.29, 0.717) is 0 Å². The van der Waals surface area contributed by atoms with E-state index in [1.165, 1.54) is 16.7 Å². The molecule has 0 saturated heterocycles. The molecular weight excluding hydrogens is 170 g/mol. The molecule has 0 radical (unpaired) electrons. The minimum atomic E-state index is 0.179. The fraction of sp³-hybridized carbons (Fsp3) is 0.538. The molecule has 0 fully saturated rings. The molecule has 0 bridgehead atoms. The summed E-state index contributed by atoms with van der Waals surface area (Å²) in [5, 5.41) is 3.34. The van der Waals surface area contributed by atoms with Gasteiger partial charge in [0.1, 0.15) is 0 Å². The van der Waals surface area contributed by atoms with Crippen LogP contribution in [0.1, 0.15) is 30.5 Å². The Labute approximate surface area is 87.5 Å². The van der Waals surface area contributed by atoms with Gasteiger partial charge in [-0.25, -0.2) is 0 Å². The Morgan fingerprint density at radius 3 is 2.43 bits per heavy atom. The topological polar surface area (TPSA) is 12.0 Å². The summed E-state index contributed by atoms with van der Waals surface area (Å²) >= 11 is 0. The van der Waals surface area contributed by atoms with Gasteiger partial charge >= 0.3 is 0 Å². The minimum absolute atomic E-state index is 0.179. The van der Waals surface area contributed by atoms with Gasteiger partial charge in [0.05, 0.1) is 0 Å². The Hall–Kier alpha value is -0.820. The average molecular weight is 191 g/mol. The van der Waals surface area contributed by atoms with Crippen molar-refractivity contribution in [3.05, 3.63) is 34.9 Å². The lowest BCUT2D eigenvalue weighted by molar-refractivity contribution is 0.421. The van der Waals surface area contributed by atoms with Crippen LogP contribution in [0.25, 0.3) is 0 Å². The summed E-state index contributed by atoms with van der Waals surface area (Å²) in [5.74, 6) is 0. The summed E-state index contributed by atoms with van der Waals surface area (Å²) < 4.78 is 0. The molecule has 0 aliphatic rings. The second kappa shape index (κ2) is 4.14. The van der Waals surface area contributed by atoms with E-state index in [1.807, 2.05) is 7.05 Å². The van der Waals surface area contributed by atoms with Gasteiger partial charge in [0.25, 0.3) is 0 Å².